The third kappa shape index (κ3) is 5.64. The van der Waals surface area contributed by atoms with E-state index in [1.54, 1.807) is 6.92 Å². The normalized spacial score (nSPS) is 14.7. The lowest BCUT2D eigenvalue weighted by Crippen LogP contribution is -2.18. The predicted molar refractivity (Wildman–Crippen MR) is 106 cm³/mol. The highest BCUT2D eigenvalue weighted by Gasteiger charge is 2.31. The van der Waals surface area contributed by atoms with E-state index in [0.717, 1.165) is 18.3 Å². The van der Waals surface area contributed by atoms with Gasteiger partial charge in [-0.3, -0.25) is 0 Å². The molecule has 3 rings (SSSR count). The molecule has 0 saturated heterocycles. The van der Waals surface area contributed by atoms with Crippen molar-refractivity contribution in [3.8, 4) is 5.75 Å². The zero-order valence-electron chi connectivity index (χ0n) is 16.1. The van der Waals surface area contributed by atoms with Gasteiger partial charge in [0.05, 0.1) is 20.9 Å². The number of aromatic amines is 1. The fraction of sp³-hybridized carbons (Fsp3) is 0.222. The third-order valence-electron chi connectivity index (χ3n) is 4.04. The summed E-state index contributed by atoms with van der Waals surface area (Å²) in [6.45, 7) is 1.60. The minimum atomic E-state index is -4.85. The summed E-state index contributed by atoms with van der Waals surface area (Å²) in [5, 5.41) is 2.85. The number of H-pyrrole nitrogens is 1. The van der Waals surface area contributed by atoms with Crippen molar-refractivity contribution in [3.05, 3.63) is 64.5 Å². The van der Waals surface area contributed by atoms with Crippen molar-refractivity contribution >= 4 is 27.1 Å². The average molecular weight is 478 g/mol. The molecule has 7 nitrogen and oxygen atoms in total. The molecule has 0 saturated carbocycles. The van der Waals surface area contributed by atoms with Crippen molar-refractivity contribution in [2.24, 2.45) is 0 Å². The van der Waals surface area contributed by atoms with E-state index in [1.165, 1.54) is 24.5 Å². The van der Waals surface area contributed by atoms with Gasteiger partial charge in [0, 0.05) is 11.9 Å². The van der Waals surface area contributed by atoms with E-state index in [9.17, 15) is 21.8 Å². The van der Waals surface area contributed by atoms with E-state index in [2.05, 4.69) is 25.0 Å². The maximum absolute atomic E-state index is 13.6. The second-order valence-electron chi connectivity index (χ2n) is 6.57. The maximum Gasteiger partial charge on any atom is 0.573 e. The fourth-order valence-electron chi connectivity index (χ4n) is 2.79. The van der Waals surface area contributed by atoms with E-state index < -0.39 is 33.7 Å². The summed E-state index contributed by atoms with van der Waals surface area (Å²) in [6, 6.07) is 5.42. The van der Waals surface area contributed by atoms with Crippen LogP contribution < -0.4 is 10.1 Å². The van der Waals surface area contributed by atoms with Crippen LogP contribution in [0, 0.1) is 17.5 Å². The maximum atomic E-state index is 13.6. The van der Waals surface area contributed by atoms with Gasteiger partial charge in [0.2, 0.25) is 0 Å². The molecule has 0 amide bonds. The number of anilines is 1. The lowest BCUT2D eigenvalue weighted by atomic mass is 10.1. The highest BCUT2D eigenvalue weighted by Crippen LogP contribution is 2.30. The summed E-state index contributed by atoms with van der Waals surface area (Å²) in [5.74, 6) is -0.765. The summed E-state index contributed by atoms with van der Waals surface area (Å²) in [5.41, 5.74) is 0.844. The highest BCUT2D eigenvalue weighted by atomic mass is 35.5. The van der Waals surface area contributed by atoms with Crippen LogP contribution in [0.5, 0.6) is 5.75 Å². The van der Waals surface area contributed by atoms with Gasteiger partial charge in [0.25, 0.3) is 0 Å². The van der Waals surface area contributed by atoms with Gasteiger partial charge in [0.15, 0.2) is 5.03 Å². The molecule has 0 aliphatic carbocycles. The molecule has 2 atom stereocenters. The number of hydrogen-bond donors (Lipinski definition) is 3. The number of ether oxygens (including phenoxy) is 1. The molecule has 3 aromatic rings. The van der Waals surface area contributed by atoms with E-state index >= 15 is 0 Å². The van der Waals surface area contributed by atoms with E-state index in [-0.39, 0.29) is 21.7 Å². The Hall–Kier alpha value is -2.86. The number of halogens is 5. The third-order valence-corrected chi connectivity index (χ3v) is 5.46. The summed E-state index contributed by atoms with van der Waals surface area (Å²) < 4.78 is 74.4. The predicted octanol–water partition coefficient (Wildman–Crippen LogP) is 5.04. The second-order valence-corrected chi connectivity index (χ2v) is 9.05. The van der Waals surface area contributed by atoms with Crippen molar-refractivity contribution in [3.63, 3.8) is 0 Å². The molecule has 0 radical (unpaired) electrons. The molecule has 0 fully saturated rings. The van der Waals surface area contributed by atoms with Crippen LogP contribution in [0.3, 0.4) is 0 Å². The van der Waals surface area contributed by atoms with Crippen LogP contribution in [-0.2, 0) is 9.73 Å². The molecule has 3 N–H and O–H groups in total. The minimum Gasteiger partial charge on any atom is -0.404 e. The van der Waals surface area contributed by atoms with Gasteiger partial charge >= 0.3 is 6.36 Å². The number of aromatic nitrogens is 3. The van der Waals surface area contributed by atoms with Crippen molar-refractivity contribution in [2.45, 2.75) is 24.4 Å². The molecule has 0 aliphatic rings. The molecule has 0 spiro atoms. The van der Waals surface area contributed by atoms with Crippen molar-refractivity contribution in [1.29, 1.82) is 4.78 Å². The summed E-state index contributed by atoms with van der Waals surface area (Å²) >= 11 is 5.89. The molecule has 166 valence electrons. The van der Waals surface area contributed by atoms with Gasteiger partial charge in [-0.1, -0.05) is 17.7 Å². The molecular formula is C18H16ClF4N5O2S. The largest absolute Gasteiger partial charge is 0.573 e. The van der Waals surface area contributed by atoms with Gasteiger partial charge in [0.1, 0.15) is 29.3 Å². The number of pyridine rings is 1. The molecular weight excluding hydrogens is 462 g/mol. The zero-order chi connectivity index (χ0) is 23.0. The van der Waals surface area contributed by atoms with Gasteiger partial charge in [-0.25, -0.2) is 23.3 Å². The molecule has 0 aliphatic heterocycles. The molecule has 1 aromatic carbocycles. The Morgan fingerprint density at radius 1 is 1.29 bits per heavy atom. The first kappa shape index (κ1) is 22.8. The topological polar surface area (TPSA) is 104 Å². The van der Waals surface area contributed by atoms with E-state index in [4.69, 9.17) is 16.4 Å². The average Bonchev–Trinajstić information content (AvgIpc) is 3.04. The number of rotatable bonds is 6. The van der Waals surface area contributed by atoms with Crippen LogP contribution in [0.1, 0.15) is 23.1 Å². The Morgan fingerprint density at radius 2 is 2.00 bits per heavy atom. The van der Waals surface area contributed by atoms with Gasteiger partial charge in [-0.2, -0.15) is 0 Å². The van der Waals surface area contributed by atoms with Crippen LogP contribution >= 0.6 is 11.6 Å². The molecule has 2 aromatic heterocycles. The Labute approximate surface area is 179 Å². The second kappa shape index (κ2) is 8.35. The number of imidazole rings is 1. The Morgan fingerprint density at radius 3 is 2.52 bits per heavy atom. The van der Waals surface area contributed by atoms with E-state index in [1.807, 2.05) is 0 Å². The Kier molecular flexibility index (Phi) is 6.14. The first-order valence-corrected chi connectivity index (χ1v) is 10.9. The van der Waals surface area contributed by atoms with Crippen molar-refractivity contribution in [2.75, 3.05) is 11.6 Å². The molecule has 0 bridgehead atoms. The first-order valence-electron chi connectivity index (χ1n) is 8.57. The number of hydrogen-bond acceptors (Lipinski definition) is 6. The minimum absolute atomic E-state index is 0.0457. The lowest BCUT2D eigenvalue weighted by Gasteiger charge is -2.19. The number of nitrogens with one attached hydrogen (secondary N) is 3. The molecule has 31 heavy (non-hydrogen) atoms. The number of nitrogens with zero attached hydrogens (tertiary/aromatic N) is 2. The van der Waals surface area contributed by atoms with Gasteiger partial charge < -0.3 is 15.0 Å². The van der Waals surface area contributed by atoms with Crippen molar-refractivity contribution < 1.29 is 26.5 Å². The smallest absolute Gasteiger partial charge is 0.404 e. The lowest BCUT2D eigenvalue weighted by molar-refractivity contribution is -0.274. The van der Waals surface area contributed by atoms with Crippen LogP contribution in [0.15, 0.2) is 41.6 Å². The van der Waals surface area contributed by atoms with Crippen LogP contribution in [0.2, 0.25) is 5.02 Å². The Bertz CT molecular complexity index is 1200. The number of aryl methyl sites for hydroxylation is 1. The summed E-state index contributed by atoms with van der Waals surface area (Å²) in [6.07, 6.45) is -2.75. The van der Waals surface area contributed by atoms with Gasteiger partial charge in [-0.05, 0) is 36.8 Å². The first-order chi connectivity index (χ1) is 14.3. The molecule has 13 heteroatoms. The number of benzene rings is 1. The molecule has 2 unspecified atom stereocenters. The van der Waals surface area contributed by atoms with E-state index in [0.29, 0.717) is 11.3 Å². The van der Waals surface area contributed by atoms with Crippen LogP contribution in [0.4, 0.5) is 23.4 Å². The van der Waals surface area contributed by atoms with Crippen LogP contribution in [-0.4, -0.2) is 31.8 Å². The SMILES string of the molecule is Cc1[nH]c(C(Nc2ccc(OC(F)(F)F)cn2)c2ccc(F)c(Cl)c2)nc1S(C)(=N)=O. The summed E-state index contributed by atoms with van der Waals surface area (Å²) in [7, 11) is -3.13. The summed E-state index contributed by atoms with van der Waals surface area (Å²) in [4.78, 5) is 11.1. The highest BCUT2D eigenvalue weighted by molar-refractivity contribution is 7.91. The molecule has 2 heterocycles. The Balaban J connectivity index is 2.00. The van der Waals surface area contributed by atoms with Gasteiger partial charge in [-0.15, -0.1) is 13.2 Å². The number of alkyl halides is 3. The fourth-order valence-corrected chi connectivity index (χ4v) is 3.89. The monoisotopic (exact) mass is 477 g/mol. The quantitative estimate of drug-likeness (QED) is 0.431. The van der Waals surface area contributed by atoms with Crippen molar-refractivity contribution in [1.82, 2.24) is 15.0 Å². The zero-order valence-corrected chi connectivity index (χ0v) is 17.6. The van der Waals surface area contributed by atoms with Crippen LogP contribution in [0.25, 0.3) is 0 Å². The standard InChI is InChI=1S/C18H16ClF4N5O2S/c1-9-17(31(2,24)29)28-16(26-9)15(10-3-5-13(20)12(19)7-10)27-14-6-4-11(8-25-14)30-18(21,22)23/h3-8,15,24H,1-2H3,(H,25,27)(H,26,28).